The highest BCUT2D eigenvalue weighted by Gasteiger charge is 2.31. The second-order valence-electron chi connectivity index (χ2n) is 3.41. The maximum absolute atomic E-state index is 11.0. The Morgan fingerprint density at radius 2 is 1.73 bits per heavy atom. The van der Waals surface area contributed by atoms with E-state index in [1.165, 1.54) is 6.92 Å². The van der Waals surface area contributed by atoms with Gasteiger partial charge >= 0.3 is 0 Å². The summed E-state index contributed by atoms with van der Waals surface area (Å²) >= 11 is 0. The van der Waals surface area contributed by atoms with Gasteiger partial charge in [-0.15, -0.1) is 0 Å². The Hall–Kier alpha value is -0.380. The van der Waals surface area contributed by atoms with Crippen LogP contribution in [0.4, 0.5) is 0 Å². The molecule has 0 atom stereocenters. The lowest BCUT2D eigenvalue weighted by Gasteiger charge is -2.20. The van der Waals surface area contributed by atoms with Gasteiger partial charge in [-0.05, 0) is 20.8 Å². The first-order valence-corrected chi connectivity index (χ1v) is 5.25. The molecule has 0 spiro atoms. The number of hydrogen-bond acceptors (Lipinski definition) is 3. The molecular formula is C7H14O3S. The number of hydrogen-bond donors (Lipinski definition) is 0. The van der Waals surface area contributed by atoms with Crippen molar-refractivity contribution in [2.24, 2.45) is 0 Å². The molecule has 0 rings (SSSR count). The highest BCUT2D eigenvalue weighted by Crippen LogP contribution is 2.19. The summed E-state index contributed by atoms with van der Waals surface area (Å²) in [4.78, 5) is 10.6. The Morgan fingerprint density at radius 1 is 1.36 bits per heavy atom. The van der Waals surface area contributed by atoms with Crippen molar-refractivity contribution in [2.75, 3.05) is 6.26 Å². The van der Waals surface area contributed by atoms with Crippen molar-refractivity contribution in [1.29, 1.82) is 0 Å². The Kier molecular flexibility index (Phi) is 2.83. The molecule has 11 heavy (non-hydrogen) atoms. The van der Waals surface area contributed by atoms with Crippen LogP contribution >= 0.6 is 0 Å². The first-order chi connectivity index (χ1) is 4.67. The van der Waals surface area contributed by atoms with Crippen LogP contribution in [0.25, 0.3) is 0 Å². The second kappa shape index (κ2) is 2.93. The third-order valence-electron chi connectivity index (χ3n) is 1.68. The van der Waals surface area contributed by atoms with E-state index >= 15 is 0 Å². The third kappa shape index (κ3) is 3.01. The van der Waals surface area contributed by atoms with E-state index in [4.69, 9.17) is 0 Å². The van der Waals surface area contributed by atoms with Gasteiger partial charge in [0, 0.05) is 12.7 Å². The molecule has 0 unspecified atom stereocenters. The summed E-state index contributed by atoms with van der Waals surface area (Å²) in [6, 6.07) is 0. The Morgan fingerprint density at radius 3 is 1.82 bits per heavy atom. The molecule has 0 aliphatic heterocycles. The lowest BCUT2D eigenvalue weighted by atomic mass is 10.1. The molecular weight excluding hydrogens is 164 g/mol. The molecule has 0 heterocycles. The molecule has 3 nitrogen and oxygen atoms in total. The van der Waals surface area contributed by atoms with E-state index < -0.39 is 14.6 Å². The van der Waals surface area contributed by atoms with Crippen LogP contribution in [0.2, 0.25) is 0 Å². The van der Waals surface area contributed by atoms with Gasteiger partial charge in [0.1, 0.15) is 5.78 Å². The number of rotatable bonds is 3. The Labute approximate surface area is 67.7 Å². The molecule has 0 saturated carbocycles. The SMILES string of the molecule is CC(=O)CC(C)(C)S(C)(=O)=O. The van der Waals surface area contributed by atoms with E-state index in [-0.39, 0.29) is 12.2 Å². The summed E-state index contributed by atoms with van der Waals surface area (Å²) < 4.78 is 21.2. The predicted octanol–water partition coefficient (Wildman–Crippen LogP) is 0.789. The Balaban J connectivity index is 4.62. The van der Waals surface area contributed by atoms with Gasteiger partial charge < -0.3 is 0 Å². The van der Waals surface area contributed by atoms with E-state index in [9.17, 15) is 13.2 Å². The average Bonchev–Trinajstić information content (AvgIpc) is 1.56. The van der Waals surface area contributed by atoms with Gasteiger partial charge in [0.25, 0.3) is 0 Å². The summed E-state index contributed by atoms with van der Waals surface area (Å²) in [5.41, 5.74) is 0. The van der Waals surface area contributed by atoms with Gasteiger partial charge in [-0.25, -0.2) is 8.42 Å². The van der Waals surface area contributed by atoms with Crippen LogP contribution in [0.15, 0.2) is 0 Å². The van der Waals surface area contributed by atoms with Gasteiger partial charge in [0.15, 0.2) is 9.84 Å². The molecule has 66 valence electrons. The molecule has 0 bridgehead atoms. The summed E-state index contributed by atoms with van der Waals surface area (Å²) in [7, 11) is -3.12. The maximum Gasteiger partial charge on any atom is 0.153 e. The number of carbonyl (C=O) groups is 1. The van der Waals surface area contributed by atoms with Gasteiger partial charge in [0.05, 0.1) is 4.75 Å². The molecule has 0 aromatic carbocycles. The molecule has 0 aliphatic rings. The largest absolute Gasteiger partial charge is 0.300 e. The molecule has 0 saturated heterocycles. The predicted molar refractivity (Wildman–Crippen MR) is 44.2 cm³/mol. The van der Waals surface area contributed by atoms with Crippen LogP contribution in [0.1, 0.15) is 27.2 Å². The van der Waals surface area contributed by atoms with E-state index in [1.807, 2.05) is 0 Å². The Bertz CT molecular complexity index is 249. The minimum absolute atomic E-state index is 0.0891. The number of sulfone groups is 1. The van der Waals surface area contributed by atoms with Crippen LogP contribution in [-0.4, -0.2) is 25.2 Å². The number of carbonyl (C=O) groups excluding carboxylic acids is 1. The number of ketones is 1. The van der Waals surface area contributed by atoms with Crippen molar-refractivity contribution in [2.45, 2.75) is 31.9 Å². The second-order valence-corrected chi connectivity index (χ2v) is 6.06. The number of Topliss-reactive ketones (excluding diaryl/α,β-unsaturated/α-hetero) is 1. The van der Waals surface area contributed by atoms with E-state index in [2.05, 4.69) is 0 Å². The molecule has 0 amide bonds. The minimum atomic E-state index is -3.12. The molecule has 0 N–H and O–H groups in total. The van der Waals surface area contributed by atoms with Gasteiger partial charge in [0.2, 0.25) is 0 Å². The van der Waals surface area contributed by atoms with Crippen molar-refractivity contribution < 1.29 is 13.2 Å². The van der Waals surface area contributed by atoms with Crippen LogP contribution in [0.3, 0.4) is 0 Å². The molecule has 4 heteroatoms. The summed E-state index contributed by atoms with van der Waals surface area (Å²) in [5.74, 6) is -0.0968. The fourth-order valence-corrected chi connectivity index (χ4v) is 1.20. The van der Waals surface area contributed by atoms with Crippen molar-refractivity contribution in [3.63, 3.8) is 0 Å². The fraction of sp³-hybridized carbons (Fsp3) is 0.857. The topological polar surface area (TPSA) is 51.2 Å². The molecule has 0 aromatic rings. The van der Waals surface area contributed by atoms with Crippen molar-refractivity contribution in [1.82, 2.24) is 0 Å². The normalized spacial score (nSPS) is 13.1. The minimum Gasteiger partial charge on any atom is -0.300 e. The molecule has 0 radical (unpaired) electrons. The lowest BCUT2D eigenvalue weighted by molar-refractivity contribution is -0.117. The van der Waals surface area contributed by atoms with Crippen LogP contribution < -0.4 is 0 Å². The van der Waals surface area contributed by atoms with Crippen molar-refractivity contribution in [3.8, 4) is 0 Å². The first-order valence-electron chi connectivity index (χ1n) is 3.36. The zero-order chi connectivity index (χ0) is 9.28. The van der Waals surface area contributed by atoms with Gasteiger partial charge in [-0.1, -0.05) is 0 Å². The van der Waals surface area contributed by atoms with Crippen molar-refractivity contribution in [3.05, 3.63) is 0 Å². The molecule has 0 aliphatic carbocycles. The molecule has 0 aromatic heterocycles. The first kappa shape index (κ1) is 10.6. The lowest BCUT2D eigenvalue weighted by Crippen LogP contribution is -2.32. The summed E-state index contributed by atoms with van der Waals surface area (Å²) in [6.45, 7) is 4.51. The van der Waals surface area contributed by atoms with E-state index in [0.717, 1.165) is 6.26 Å². The highest BCUT2D eigenvalue weighted by molar-refractivity contribution is 7.92. The summed E-state index contributed by atoms with van der Waals surface area (Å²) in [6.07, 6.45) is 1.24. The maximum atomic E-state index is 11.0. The smallest absolute Gasteiger partial charge is 0.153 e. The van der Waals surface area contributed by atoms with E-state index in [0.29, 0.717) is 0 Å². The van der Waals surface area contributed by atoms with E-state index in [1.54, 1.807) is 13.8 Å². The highest BCUT2D eigenvalue weighted by atomic mass is 32.2. The quantitative estimate of drug-likeness (QED) is 0.642. The fourth-order valence-electron chi connectivity index (χ4n) is 0.731. The zero-order valence-electron chi connectivity index (χ0n) is 7.34. The van der Waals surface area contributed by atoms with Crippen LogP contribution in [0, 0.1) is 0 Å². The zero-order valence-corrected chi connectivity index (χ0v) is 8.16. The van der Waals surface area contributed by atoms with Gasteiger partial charge in [-0.3, -0.25) is 4.79 Å². The third-order valence-corrected chi connectivity index (χ3v) is 3.83. The van der Waals surface area contributed by atoms with Gasteiger partial charge in [-0.2, -0.15) is 0 Å². The standard InChI is InChI=1S/C7H14O3S/c1-6(8)5-7(2,3)11(4,9)10/h5H2,1-4H3. The summed E-state index contributed by atoms with van der Waals surface area (Å²) in [5, 5.41) is 0. The van der Waals surface area contributed by atoms with Crippen LogP contribution in [0.5, 0.6) is 0 Å². The average molecular weight is 178 g/mol. The van der Waals surface area contributed by atoms with Crippen molar-refractivity contribution >= 4 is 15.6 Å². The molecule has 0 fully saturated rings. The monoisotopic (exact) mass is 178 g/mol. The van der Waals surface area contributed by atoms with Crippen LogP contribution in [-0.2, 0) is 14.6 Å².